The molecule has 1 unspecified atom stereocenters. The van der Waals surface area contributed by atoms with Gasteiger partial charge in [-0.15, -0.1) is 0 Å². The predicted molar refractivity (Wildman–Crippen MR) is 93.2 cm³/mol. The lowest BCUT2D eigenvalue weighted by Gasteiger charge is -2.26. The maximum Gasteiger partial charge on any atom is 0.165 e. The van der Waals surface area contributed by atoms with Gasteiger partial charge in [0.1, 0.15) is 6.61 Å². The van der Waals surface area contributed by atoms with Gasteiger partial charge in [-0.05, 0) is 37.9 Å². The molecule has 0 aliphatic carbocycles. The molecule has 122 valence electrons. The Bertz CT molecular complexity index is 606. The lowest BCUT2D eigenvalue weighted by molar-refractivity contribution is 0.263. The van der Waals surface area contributed by atoms with Crippen molar-refractivity contribution < 1.29 is 9.47 Å². The summed E-state index contributed by atoms with van der Waals surface area (Å²) in [5.41, 5.74) is 2.44. The highest BCUT2D eigenvalue weighted by atomic mass is 16.5. The van der Waals surface area contributed by atoms with Gasteiger partial charge in [0.2, 0.25) is 0 Å². The minimum Gasteiger partial charge on any atom is -0.490 e. The van der Waals surface area contributed by atoms with Gasteiger partial charge in [-0.2, -0.15) is 0 Å². The summed E-state index contributed by atoms with van der Waals surface area (Å²) < 4.78 is 12.0. The van der Waals surface area contributed by atoms with Crippen LogP contribution >= 0.6 is 0 Å². The van der Waals surface area contributed by atoms with Crippen LogP contribution in [0, 0.1) is 0 Å². The monoisotopic (exact) mass is 311 g/mol. The number of nitrogens with one attached hydrogen (secondary N) is 1. The van der Waals surface area contributed by atoms with Crippen molar-refractivity contribution in [2.45, 2.75) is 32.3 Å². The van der Waals surface area contributed by atoms with E-state index in [1.807, 2.05) is 31.2 Å². The molecule has 3 rings (SSSR count). The highest BCUT2D eigenvalue weighted by Gasteiger charge is 2.21. The Hall–Kier alpha value is -2.00. The molecule has 0 amide bonds. The lowest BCUT2D eigenvalue weighted by atomic mass is 9.91. The van der Waals surface area contributed by atoms with Crippen molar-refractivity contribution in [1.82, 2.24) is 5.32 Å². The van der Waals surface area contributed by atoms with Crippen molar-refractivity contribution in [3.63, 3.8) is 0 Å². The van der Waals surface area contributed by atoms with Gasteiger partial charge in [-0.1, -0.05) is 42.5 Å². The first-order valence-electron chi connectivity index (χ1n) is 8.51. The number of ether oxygens (including phenoxy) is 2. The molecule has 0 spiro atoms. The molecule has 0 aromatic heterocycles. The number of piperidine rings is 1. The lowest BCUT2D eigenvalue weighted by Crippen LogP contribution is -2.28. The third-order valence-electron chi connectivity index (χ3n) is 4.27. The van der Waals surface area contributed by atoms with Crippen LogP contribution in [0.4, 0.5) is 0 Å². The Kier molecular flexibility index (Phi) is 5.54. The average Bonchev–Trinajstić information content (AvgIpc) is 2.62. The van der Waals surface area contributed by atoms with Crippen LogP contribution in [0.3, 0.4) is 0 Å². The van der Waals surface area contributed by atoms with E-state index in [0.29, 0.717) is 19.1 Å². The van der Waals surface area contributed by atoms with Crippen LogP contribution in [-0.2, 0) is 6.61 Å². The molecule has 1 N–H and O–H groups in total. The molecule has 1 aliphatic rings. The molecule has 1 atom stereocenters. The summed E-state index contributed by atoms with van der Waals surface area (Å²) in [6, 6.07) is 16.5. The van der Waals surface area contributed by atoms with Crippen molar-refractivity contribution in [2.75, 3.05) is 19.7 Å². The number of hydrogen-bond donors (Lipinski definition) is 1. The van der Waals surface area contributed by atoms with Crippen LogP contribution in [0.2, 0.25) is 0 Å². The van der Waals surface area contributed by atoms with E-state index in [9.17, 15) is 0 Å². The topological polar surface area (TPSA) is 30.5 Å². The molecule has 1 heterocycles. The number of hydrogen-bond acceptors (Lipinski definition) is 3. The van der Waals surface area contributed by atoms with Crippen molar-refractivity contribution in [3.8, 4) is 11.5 Å². The Labute approximate surface area is 138 Å². The summed E-state index contributed by atoms with van der Waals surface area (Å²) >= 11 is 0. The number of benzene rings is 2. The molecule has 2 aromatic rings. The van der Waals surface area contributed by atoms with Gasteiger partial charge in [0.15, 0.2) is 11.5 Å². The molecule has 0 bridgehead atoms. The van der Waals surface area contributed by atoms with Crippen molar-refractivity contribution in [3.05, 3.63) is 59.7 Å². The normalized spacial score (nSPS) is 17.7. The quantitative estimate of drug-likeness (QED) is 0.870. The molecule has 23 heavy (non-hydrogen) atoms. The molecule has 1 aliphatic heterocycles. The van der Waals surface area contributed by atoms with E-state index >= 15 is 0 Å². The van der Waals surface area contributed by atoms with E-state index in [2.05, 4.69) is 29.6 Å². The largest absolute Gasteiger partial charge is 0.490 e. The standard InChI is InChI=1S/C20H25NO2/c1-2-22-19-12-6-11-18(17-10-7-13-21-14-17)20(19)23-15-16-8-4-3-5-9-16/h3-6,8-9,11-12,17,21H,2,7,10,13-15H2,1H3. The van der Waals surface area contributed by atoms with Gasteiger partial charge in [-0.25, -0.2) is 0 Å². The first-order valence-corrected chi connectivity index (χ1v) is 8.51. The van der Waals surface area contributed by atoms with Crippen LogP contribution in [-0.4, -0.2) is 19.7 Å². The van der Waals surface area contributed by atoms with Gasteiger partial charge in [-0.3, -0.25) is 0 Å². The summed E-state index contributed by atoms with van der Waals surface area (Å²) in [4.78, 5) is 0. The van der Waals surface area contributed by atoms with Gasteiger partial charge in [0, 0.05) is 18.0 Å². The summed E-state index contributed by atoms with van der Waals surface area (Å²) in [5.74, 6) is 2.26. The van der Waals surface area contributed by atoms with Crippen molar-refractivity contribution >= 4 is 0 Å². The van der Waals surface area contributed by atoms with Crippen LogP contribution < -0.4 is 14.8 Å². The molecule has 0 radical (unpaired) electrons. The van der Waals surface area contributed by atoms with E-state index in [1.54, 1.807) is 0 Å². The Morgan fingerprint density at radius 1 is 1.04 bits per heavy atom. The SMILES string of the molecule is CCOc1cccc(C2CCCNC2)c1OCc1ccccc1. The first kappa shape index (κ1) is 15.9. The molecular formula is C20H25NO2. The van der Waals surface area contributed by atoms with E-state index in [-0.39, 0.29) is 0 Å². The summed E-state index contributed by atoms with van der Waals surface area (Å²) in [5, 5.41) is 3.49. The second-order valence-electron chi connectivity index (χ2n) is 5.93. The fourth-order valence-electron chi connectivity index (χ4n) is 3.12. The Morgan fingerprint density at radius 3 is 2.65 bits per heavy atom. The minimum atomic E-state index is 0.495. The molecule has 3 nitrogen and oxygen atoms in total. The Balaban J connectivity index is 1.84. The number of para-hydroxylation sites is 1. The van der Waals surface area contributed by atoms with Gasteiger partial charge < -0.3 is 14.8 Å². The van der Waals surface area contributed by atoms with Crippen LogP contribution in [0.5, 0.6) is 11.5 Å². The zero-order chi connectivity index (χ0) is 15.9. The van der Waals surface area contributed by atoms with E-state index in [1.165, 1.54) is 24.0 Å². The predicted octanol–water partition coefficient (Wildman–Crippen LogP) is 4.13. The molecular weight excluding hydrogens is 286 g/mol. The first-order chi connectivity index (χ1) is 11.4. The van der Waals surface area contributed by atoms with E-state index in [4.69, 9.17) is 9.47 Å². The minimum absolute atomic E-state index is 0.495. The summed E-state index contributed by atoms with van der Waals surface area (Å²) in [7, 11) is 0. The van der Waals surface area contributed by atoms with Crippen LogP contribution in [0.15, 0.2) is 48.5 Å². The third kappa shape index (κ3) is 4.05. The van der Waals surface area contributed by atoms with Crippen molar-refractivity contribution in [1.29, 1.82) is 0 Å². The van der Waals surface area contributed by atoms with Crippen molar-refractivity contribution in [2.24, 2.45) is 0 Å². The molecule has 2 aromatic carbocycles. The Morgan fingerprint density at radius 2 is 1.91 bits per heavy atom. The maximum atomic E-state index is 6.21. The fraction of sp³-hybridized carbons (Fsp3) is 0.400. The summed E-state index contributed by atoms with van der Waals surface area (Å²) in [6.07, 6.45) is 2.41. The molecule has 3 heteroatoms. The van der Waals surface area contributed by atoms with Crippen LogP contribution in [0.25, 0.3) is 0 Å². The van der Waals surface area contributed by atoms with E-state index < -0.39 is 0 Å². The smallest absolute Gasteiger partial charge is 0.165 e. The highest BCUT2D eigenvalue weighted by Crippen LogP contribution is 2.38. The third-order valence-corrected chi connectivity index (χ3v) is 4.27. The van der Waals surface area contributed by atoms with Crippen LogP contribution in [0.1, 0.15) is 36.8 Å². The zero-order valence-corrected chi connectivity index (χ0v) is 13.8. The number of rotatable bonds is 6. The second-order valence-corrected chi connectivity index (χ2v) is 5.93. The average molecular weight is 311 g/mol. The van der Waals surface area contributed by atoms with Gasteiger partial charge in [0.25, 0.3) is 0 Å². The van der Waals surface area contributed by atoms with Gasteiger partial charge >= 0.3 is 0 Å². The van der Waals surface area contributed by atoms with Gasteiger partial charge in [0.05, 0.1) is 6.61 Å². The molecule has 0 saturated carbocycles. The zero-order valence-electron chi connectivity index (χ0n) is 13.8. The highest BCUT2D eigenvalue weighted by molar-refractivity contribution is 5.48. The maximum absolute atomic E-state index is 6.21. The molecule has 1 fully saturated rings. The molecule has 1 saturated heterocycles. The van der Waals surface area contributed by atoms with E-state index in [0.717, 1.165) is 24.6 Å². The fourth-order valence-corrected chi connectivity index (χ4v) is 3.12. The second kappa shape index (κ2) is 8.02. The summed E-state index contributed by atoms with van der Waals surface area (Å²) in [6.45, 7) is 5.35.